The van der Waals surface area contributed by atoms with Crippen molar-refractivity contribution in [1.82, 2.24) is 15.3 Å². The molecule has 0 radical (unpaired) electrons. The molecule has 0 spiro atoms. The molecule has 1 saturated carbocycles. The Morgan fingerprint density at radius 1 is 1.62 bits per heavy atom. The molecule has 0 bridgehead atoms. The summed E-state index contributed by atoms with van der Waals surface area (Å²) in [5.41, 5.74) is 0. The molecule has 0 amide bonds. The van der Waals surface area contributed by atoms with Crippen LogP contribution in [-0.2, 0) is 6.54 Å². The molecule has 1 aliphatic rings. The Morgan fingerprint density at radius 3 is 3.15 bits per heavy atom. The third-order valence-electron chi connectivity index (χ3n) is 2.57. The highest BCUT2D eigenvalue weighted by Gasteiger charge is 2.24. The quantitative estimate of drug-likeness (QED) is 0.633. The number of hydrogen-bond acceptors (Lipinski definition) is 3. The van der Waals surface area contributed by atoms with E-state index in [-0.39, 0.29) is 12.1 Å². The second-order valence-electron chi connectivity index (χ2n) is 3.52. The van der Waals surface area contributed by atoms with Crippen molar-refractivity contribution in [3.8, 4) is 0 Å². The van der Waals surface area contributed by atoms with Crippen LogP contribution in [0.4, 0.5) is 0 Å². The predicted molar refractivity (Wildman–Crippen MR) is 49.1 cm³/mol. The second kappa shape index (κ2) is 3.89. The van der Waals surface area contributed by atoms with Gasteiger partial charge in [-0.3, -0.25) is 0 Å². The van der Waals surface area contributed by atoms with E-state index < -0.39 is 0 Å². The van der Waals surface area contributed by atoms with Gasteiger partial charge in [-0.05, 0) is 19.3 Å². The van der Waals surface area contributed by atoms with Gasteiger partial charge in [0.25, 0.3) is 0 Å². The Labute approximate surface area is 77.4 Å². The minimum Gasteiger partial charge on any atom is -0.392 e. The highest BCUT2D eigenvalue weighted by molar-refractivity contribution is 4.89. The molecule has 1 heterocycles. The van der Waals surface area contributed by atoms with Crippen LogP contribution >= 0.6 is 0 Å². The molecule has 2 atom stereocenters. The molecule has 0 aliphatic heterocycles. The first-order chi connectivity index (χ1) is 6.36. The van der Waals surface area contributed by atoms with Gasteiger partial charge in [0.15, 0.2) is 0 Å². The summed E-state index contributed by atoms with van der Waals surface area (Å²) in [5.74, 6) is 0.930. The SMILES string of the molecule is OC1CCCC1NCc1ncc[nH]1. The summed E-state index contributed by atoms with van der Waals surface area (Å²) >= 11 is 0. The molecule has 2 rings (SSSR count). The Morgan fingerprint density at radius 2 is 2.54 bits per heavy atom. The molecule has 2 unspecified atom stereocenters. The number of hydrogen-bond donors (Lipinski definition) is 3. The largest absolute Gasteiger partial charge is 0.392 e. The lowest BCUT2D eigenvalue weighted by atomic mass is 10.2. The minimum atomic E-state index is -0.171. The number of H-pyrrole nitrogens is 1. The molecule has 0 aromatic carbocycles. The number of aromatic nitrogens is 2. The molecule has 1 fully saturated rings. The van der Waals surface area contributed by atoms with E-state index in [9.17, 15) is 5.11 Å². The van der Waals surface area contributed by atoms with Gasteiger partial charge in [-0.25, -0.2) is 4.98 Å². The standard InChI is InChI=1S/C9H15N3O/c13-8-3-1-2-7(8)12-6-9-10-4-5-11-9/h4-5,7-8,12-13H,1-3,6H2,(H,10,11). The third-order valence-corrected chi connectivity index (χ3v) is 2.57. The molecule has 72 valence electrons. The summed E-state index contributed by atoms with van der Waals surface area (Å²) in [4.78, 5) is 7.12. The maximum absolute atomic E-state index is 9.52. The van der Waals surface area contributed by atoms with Gasteiger partial charge in [0, 0.05) is 18.4 Å². The van der Waals surface area contributed by atoms with E-state index >= 15 is 0 Å². The Hall–Kier alpha value is -0.870. The van der Waals surface area contributed by atoms with E-state index in [1.807, 2.05) is 6.20 Å². The molecular formula is C9H15N3O. The molecule has 1 aromatic heterocycles. The van der Waals surface area contributed by atoms with Crippen LogP contribution in [0.15, 0.2) is 12.4 Å². The van der Waals surface area contributed by atoms with E-state index in [1.165, 1.54) is 0 Å². The van der Waals surface area contributed by atoms with Crippen molar-refractivity contribution < 1.29 is 5.11 Å². The molecule has 1 aromatic rings. The maximum Gasteiger partial charge on any atom is 0.120 e. The summed E-state index contributed by atoms with van der Waals surface area (Å²) in [6.07, 6.45) is 6.49. The van der Waals surface area contributed by atoms with E-state index in [1.54, 1.807) is 6.20 Å². The molecule has 3 N–H and O–H groups in total. The van der Waals surface area contributed by atoms with Gasteiger partial charge in [0.05, 0.1) is 12.6 Å². The topological polar surface area (TPSA) is 60.9 Å². The van der Waals surface area contributed by atoms with E-state index in [0.717, 1.165) is 25.1 Å². The third kappa shape index (κ3) is 2.08. The molecule has 0 saturated heterocycles. The van der Waals surface area contributed by atoms with Crippen LogP contribution in [0.3, 0.4) is 0 Å². The predicted octanol–water partition coefficient (Wildman–Crippen LogP) is 0.413. The fourth-order valence-electron chi connectivity index (χ4n) is 1.80. The number of aliphatic hydroxyl groups is 1. The summed E-state index contributed by atoms with van der Waals surface area (Å²) in [6.45, 7) is 0.717. The first kappa shape index (κ1) is 8.72. The van der Waals surface area contributed by atoms with Crippen LogP contribution in [0.5, 0.6) is 0 Å². The first-order valence-corrected chi connectivity index (χ1v) is 4.76. The zero-order valence-corrected chi connectivity index (χ0v) is 7.53. The summed E-state index contributed by atoms with van der Waals surface area (Å²) in [7, 11) is 0. The number of nitrogens with zero attached hydrogens (tertiary/aromatic N) is 1. The molecule has 4 nitrogen and oxygen atoms in total. The van der Waals surface area contributed by atoms with Gasteiger partial charge in [-0.2, -0.15) is 0 Å². The van der Waals surface area contributed by atoms with Crippen LogP contribution in [0.25, 0.3) is 0 Å². The summed E-state index contributed by atoms with van der Waals surface area (Å²) < 4.78 is 0. The summed E-state index contributed by atoms with van der Waals surface area (Å²) in [6, 6.07) is 0.255. The van der Waals surface area contributed by atoms with Gasteiger partial charge in [-0.1, -0.05) is 0 Å². The summed E-state index contributed by atoms with van der Waals surface area (Å²) in [5, 5.41) is 12.8. The van der Waals surface area contributed by atoms with Crippen LogP contribution in [0, 0.1) is 0 Å². The lowest BCUT2D eigenvalue weighted by Gasteiger charge is -2.14. The van der Waals surface area contributed by atoms with Gasteiger partial charge >= 0.3 is 0 Å². The number of nitrogens with one attached hydrogen (secondary N) is 2. The van der Waals surface area contributed by atoms with Crippen molar-refractivity contribution >= 4 is 0 Å². The zero-order chi connectivity index (χ0) is 9.10. The Bertz CT molecular complexity index is 247. The maximum atomic E-state index is 9.52. The minimum absolute atomic E-state index is 0.171. The van der Waals surface area contributed by atoms with Gasteiger partial charge in [0.2, 0.25) is 0 Å². The smallest absolute Gasteiger partial charge is 0.120 e. The van der Waals surface area contributed by atoms with Crippen molar-refractivity contribution in [2.75, 3.05) is 0 Å². The van der Waals surface area contributed by atoms with Gasteiger partial charge < -0.3 is 15.4 Å². The lowest BCUT2D eigenvalue weighted by Crippen LogP contribution is -2.35. The van der Waals surface area contributed by atoms with Crippen LogP contribution < -0.4 is 5.32 Å². The van der Waals surface area contributed by atoms with Crippen LogP contribution in [-0.4, -0.2) is 27.2 Å². The average Bonchev–Trinajstić information content (AvgIpc) is 2.72. The van der Waals surface area contributed by atoms with Crippen LogP contribution in [0.1, 0.15) is 25.1 Å². The zero-order valence-electron chi connectivity index (χ0n) is 7.53. The highest BCUT2D eigenvalue weighted by Crippen LogP contribution is 2.18. The number of rotatable bonds is 3. The molecular weight excluding hydrogens is 166 g/mol. The lowest BCUT2D eigenvalue weighted by molar-refractivity contribution is 0.148. The molecule has 4 heteroatoms. The van der Waals surface area contributed by atoms with Crippen molar-refractivity contribution in [1.29, 1.82) is 0 Å². The van der Waals surface area contributed by atoms with Gasteiger partial charge in [-0.15, -0.1) is 0 Å². The Kier molecular flexibility index (Phi) is 2.61. The van der Waals surface area contributed by atoms with Crippen LogP contribution in [0.2, 0.25) is 0 Å². The van der Waals surface area contributed by atoms with Crippen molar-refractivity contribution in [3.05, 3.63) is 18.2 Å². The Balaban J connectivity index is 1.79. The van der Waals surface area contributed by atoms with Crippen molar-refractivity contribution in [3.63, 3.8) is 0 Å². The van der Waals surface area contributed by atoms with E-state index in [0.29, 0.717) is 6.54 Å². The number of aliphatic hydroxyl groups excluding tert-OH is 1. The fraction of sp³-hybridized carbons (Fsp3) is 0.667. The van der Waals surface area contributed by atoms with Gasteiger partial charge in [0.1, 0.15) is 5.82 Å². The number of aromatic amines is 1. The molecule has 1 aliphatic carbocycles. The first-order valence-electron chi connectivity index (χ1n) is 4.76. The van der Waals surface area contributed by atoms with E-state index in [4.69, 9.17) is 0 Å². The van der Waals surface area contributed by atoms with Crippen molar-refractivity contribution in [2.24, 2.45) is 0 Å². The highest BCUT2D eigenvalue weighted by atomic mass is 16.3. The van der Waals surface area contributed by atoms with E-state index in [2.05, 4.69) is 15.3 Å². The monoisotopic (exact) mass is 181 g/mol. The average molecular weight is 181 g/mol. The normalized spacial score (nSPS) is 28.1. The second-order valence-corrected chi connectivity index (χ2v) is 3.52. The fourth-order valence-corrected chi connectivity index (χ4v) is 1.80. The number of imidazole rings is 1. The van der Waals surface area contributed by atoms with Crippen molar-refractivity contribution in [2.45, 2.75) is 38.0 Å². The molecule has 13 heavy (non-hydrogen) atoms.